The van der Waals surface area contributed by atoms with Gasteiger partial charge in [0.25, 0.3) is 0 Å². The molecule has 1 fully saturated rings. The molecular formula is C11H11ClF3N. The Balaban J connectivity index is 2.15. The van der Waals surface area contributed by atoms with Gasteiger partial charge in [0, 0.05) is 0 Å². The zero-order chi connectivity index (χ0) is 11.8. The van der Waals surface area contributed by atoms with Crippen molar-refractivity contribution in [1.29, 1.82) is 0 Å². The van der Waals surface area contributed by atoms with Gasteiger partial charge in [-0.15, -0.1) is 0 Å². The summed E-state index contributed by atoms with van der Waals surface area (Å²) in [5.41, 5.74) is 0.106. The Hall–Kier alpha value is -0.740. The van der Waals surface area contributed by atoms with E-state index in [0.29, 0.717) is 5.92 Å². The van der Waals surface area contributed by atoms with Crippen molar-refractivity contribution in [1.82, 2.24) is 5.32 Å². The van der Waals surface area contributed by atoms with Crippen LogP contribution in [0.2, 0.25) is 5.02 Å². The molecule has 1 aromatic carbocycles. The third-order valence-electron chi connectivity index (χ3n) is 2.73. The summed E-state index contributed by atoms with van der Waals surface area (Å²) in [5, 5.41) is 2.91. The van der Waals surface area contributed by atoms with E-state index >= 15 is 0 Å². The topological polar surface area (TPSA) is 12.0 Å². The molecule has 0 aliphatic carbocycles. The van der Waals surface area contributed by atoms with Crippen LogP contribution >= 0.6 is 11.6 Å². The smallest absolute Gasteiger partial charge is 0.316 e. The van der Waals surface area contributed by atoms with Crippen LogP contribution in [0, 0.1) is 5.92 Å². The zero-order valence-electron chi connectivity index (χ0n) is 8.44. The van der Waals surface area contributed by atoms with Crippen LogP contribution < -0.4 is 5.32 Å². The van der Waals surface area contributed by atoms with Crippen molar-refractivity contribution in [3.8, 4) is 0 Å². The fourth-order valence-electron chi connectivity index (χ4n) is 1.74. The van der Waals surface area contributed by atoms with Gasteiger partial charge in [0.15, 0.2) is 0 Å². The number of rotatable bonds is 2. The van der Waals surface area contributed by atoms with Gasteiger partial charge in [-0.2, -0.15) is 13.2 Å². The van der Waals surface area contributed by atoms with Crippen molar-refractivity contribution in [3.63, 3.8) is 0 Å². The lowest BCUT2D eigenvalue weighted by atomic mass is 9.94. The lowest BCUT2D eigenvalue weighted by molar-refractivity contribution is -0.137. The van der Waals surface area contributed by atoms with Gasteiger partial charge in [-0.25, -0.2) is 0 Å². The summed E-state index contributed by atoms with van der Waals surface area (Å²) in [6.45, 7) is 1.86. The minimum absolute atomic E-state index is 0.211. The standard InChI is InChI=1S/C11H11ClF3N/c12-10-4-7(3-8-5-16-6-8)1-2-9(10)11(13,14)15/h1-2,4,8,16H,3,5-6H2. The van der Waals surface area contributed by atoms with E-state index in [0.717, 1.165) is 31.1 Å². The largest absolute Gasteiger partial charge is 0.417 e. The molecule has 0 unspecified atom stereocenters. The summed E-state index contributed by atoms with van der Waals surface area (Å²) in [5.74, 6) is 0.521. The number of hydrogen-bond acceptors (Lipinski definition) is 1. The van der Waals surface area contributed by atoms with Crippen molar-refractivity contribution in [2.75, 3.05) is 13.1 Å². The number of benzene rings is 1. The third kappa shape index (κ3) is 2.50. The molecule has 1 heterocycles. The summed E-state index contributed by atoms with van der Waals surface area (Å²) in [7, 11) is 0. The molecule has 1 N–H and O–H groups in total. The van der Waals surface area contributed by atoms with E-state index in [1.165, 1.54) is 12.1 Å². The van der Waals surface area contributed by atoms with Gasteiger partial charge >= 0.3 is 6.18 Å². The first kappa shape index (κ1) is 11.7. The van der Waals surface area contributed by atoms with Gasteiger partial charge in [0.2, 0.25) is 0 Å². The molecule has 0 radical (unpaired) electrons. The summed E-state index contributed by atoms with van der Waals surface area (Å²) in [6.07, 6.45) is -3.58. The molecule has 1 nitrogen and oxygen atoms in total. The first-order valence-electron chi connectivity index (χ1n) is 5.03. The van der Waals surface area contributed by atoms with E-state index in [-0.39, 0.29) is 5.02 Å². The average Bonchev–Trinajstić information content (AvgIpc) is 2.09. The Morgan fingerprint density at radius 3 is 2.44 bits per heavy atom. The molecule has 88 valence electrons. The summed E-state index contributed by atoms with van der Waals surface area (Å²) >= 11 is 5.62. The van der Waals surface area contributed by atoms with Crippen LogP contribution in [0.3, 0.4) is 0 Å². The number of nitrogens with one attached hydrogen (secondary N) is 1. The Kier molecular flexibility index (Phi) is 3.13. The lowest BCUT2D eigenvalue weighted by Gasteiger charge is -2.27. The second-order valence-electron chi connectivity index (χ2n) is 4.04. The molecule has 0 saturated carbocycles. The molecule has 0 bridgehead atoms. The normalized spacial score (nSPS) is 17.2. The van der Waals surface area contributed by atoms with Crippen molar-refractivity contribution in [2.24, 2.45) is 5.92 Å². The molecule has 0 spiro atoms. The van der Waals surface area contributed by atoms with E-state index in [9.17, 15) is 13.2 Å². The number of halogens is 4. The highest BCUT2D eigenvalue weighted by Gasteiger charge is 2.33. The zero-order valence-corrected chi connectivity index (χ0v) is 9.20. The Morgan fingerprint density at radius 2 is 2.00 bits per heavy atom. The highest BCUT2D eigenvalue weighted by Crippen LogP contribution is 2.35. The van der Waals surface area contributed by atoms with Crippen LogP contribution in [0.1, 0.15) is 11.1 Å². The van der Waals surface area contributed by atoms with Crippen molar-refractivity contribution >= 4 is 11.6 Å². The number of hydrogen-bond donors (Lipinski definition) is 1. The quantitative estimate of drug-likeness (QED) is 0.849. The molecule has 1 aromatic rings. The van der Waals surface area contributed by atoms with Crippen LogP contribution in [-0.4, -0.2) is 13.1 Å². The summed E-state index contributed by atoms with van der Waals surface area (Å²) in [4.78, 5) is 0. The second kappa shape index (κ2) is 4.26. The summed E-state index contributed by atoms with van der Waals surface area (Å²) < 4.78 is 37.3. The Bertz CT molecular complexity index is 385. The molecule has 1 aliphatic rings. The van der Waals surface area contributed by atoms with Gasteiger partial charge < -0.3 is 5.32 Å². The van der Waals surface area contributed by atoms with Gasteiger partial charge in [0.05, 0.1) is 10.6 Å². The highest BCUT2D eigenvalue weighted by atomic mass is 35.5. The Labute approximate surface area is 96.6 Å². The van der Waals surface area contributed by atoms with Crippen LogP contribution in [-0.2, 0) is 12.6 Å². The first-order chi connectivity index (χ1) is 7.47. The van der Waals surface area contributed by atoms with Gasteiger partial charge in [-0.3, -0.25) is 0 Å². The van der Waals surface area contributed by atoms with Crippen molar-refractivity contribution < 1.29 is 13.2 Å². The highest BCUT2D eigenvalue weighted by molar-refractivity contribution is 6.31. The first-order valence-corrected chi connectivity index (χ1v) is 5.41. The van der Waals surface area contributed by atoms with Crippen LogP contribution in [0.25, 0.3) is 0 Å². The molecular weight excluding hydrogens is 239 g/mol. The van der Waals surface area contributed by atoms with E-state index in [2.05, 4.69) is 5.32 Å². The molecule has 1 saturated heterocycles. The summed E-state index contributed by atoms with van der Waals surface area (Å²) in [6, 6.07) is 3.99. The van der Waals surface area contributed by atoms with E-state index in [4.69, 9.17) is 11.6 Å². The second-order valence-corrected chi connectivity index (χ2v) is 4.45. The maximum Gasteiger partial charge on any atom is 0.417 e. The fraction of sp³-hybridized carbons (Fsp3) is 0.455. The van der Waals surface area contributed by atoms with Crippen LogP contribution in [0.4, 0.5) is 13.2 Å². The van der Waals surface area contributed by atoms with Crippen LogP contribution in [0.15, 0.2) is 18.2 Å². The fourth-order valence-corrected chi connectivity index (χ4v) is 2.05. The maximum atomic E-state index is 12.4. The minimum Gasteiger partial charge on any atom is -0.316 e. The Morgan fingerprint density at radius 1 is 1.31 bits per heavy atom. The molecule has 0 amide bonds. The molecule has 2 rings (SSSR count). The SMILES string of the molecule is FC(F)(F)c1ccc(CC2CNC2)cc1Cl. The molecule has 1 aliphatic heterocycles. The predicted octanol–water partition coefficient (Wildman–Crippen LogP) is 3.12. The van der Waals surface area contributed by atoms with E-state index < -0.39 is 11.7 Å². The molecule has 0 aromatic heterocycles. The molecule has 5 heteroatoms. The van der Waals surface area contributed by atoms with E-state index in [1.807, 2.05) is 0 Å². The molecule has 16 heavy (non-hydrogen) atoms. The minimum atomic E-state index is -4.37. The van der Waals surface area contributed by atoms with Crippen molar-refractivity contribution in [3.05, 3.63) is 34.3 Å². The van der Waals surface area contributed by atoms with Gasteiger partial charge in [-0.1, -0.05) is 17.7 Å². The maximum absolute atomic E-state index is 12.4. The predicted molar refractivity (Wildman–Crippen MR) is 56.5 cm³/mol. The monoisotopic (exact) mass is 249 g/mol. The van der Waals surface area contributed by atoms with Gasteiger partial charge in [0.1, 0.15) is 0 Å². The molecule has 0 atom stereocenters. The average molecular weight is 250 g/mol. The number of alkyl halides is 3. The van der Waals surface area contributed by atoms with Crippen LogP contribution in [0.5, 0.6) is 0 Å². The van der Waals surface area contributed by atoms with Crippen molar-refractivity contribution in [2.45, 2.75) is 12.6 Å². The van der Waals surface area contributed by atoms with Gasteiger partial charge in [-0.05, 0) is 43.1 Å². The third-order valence-corrected chi connectivity index (χ3v) is 3.04. The van der Waals surface area contributed by atoms with E-state index in [1.54, 1.807) is 0 Å². The lowest BCUT2D eigenvalue weighted by Crippen LogP contribution is -2.43.